The molecule has 1 aliphatic heterocycles. The van der Waals surface area contributed by atoms with Crippen molar-refractivity contribution in [2.24, 2.45) is 0 Å². The number of allylic oxidation sites excluding steroid dienone is 2. The molecular formula is C24H46O3. The molecule has 0 saturated carbocycles. The molecular weight excluding hydrogens is 336 g/mol. The van der Waals surface area contributed by atoms with Gasteiger partial charge in [-0.3, -0.25) is 0 Å². The van der Waals surface area contributed by atoms with Gasteiger partial charge >= 0.3 is 0 Å². The summed E-state index contributed by atoms with van der Waals surface area (Å²) in [4.78, 5) is 0. The molecule has 1 rings (SSSR count). The molecule has 0 spiro atoms. The average molecular weight is 383 g/mol. The Hall–Kier alpha value is -0.380. The van der Waals surface area contributed by atoms with Gasteiger partial charge in [-0.15, -0.1) is 0 Å². The van der Waals surface area contributed by atoms with E-state index in [1.54, 1.807) is 0 Å². The number of unbranched alkanes of at least 4 members (excludes halogenated alkanes) is 12. The molecule has 1 aliphatic rings. The first kappa shape index (κ1) is 24.7. The normalized spacial score (nSPS) is 19.3. The van der Waals surface area contributed by atoms with Gasteiger partial charge in [-0.25, -0.2) is 0 Å². The maximum absolute atomic E-state index is 5.73. The van der Waals surface area contributed by atoms with Gasteiger partial charge in [-0.05, 0) is 46.0 Å². The second kappa shape index (κ2) is 16.6. The second-order valence-electron chi connectivity index (χ2n) is 8.46. The van der Waals surface area contributed by atoms with Gasteiger partial charge in [0.25, 0.3) is 0 Å². The molecule has 0 aromatic heterocycles. The van der Waals surface area contributed by atoms with Crippen LogP contribution in [0.4, 0.5) is 0 Å². The lowest BCUT2D eigenvalue weighted by Crippen LogP contribution is -2.24. The van der Waals surface area contributed by atoms with E-state index in [0.29, 0.717) is 13.2 Å². The Bertz CT molecular complexity index is 352. The van der Waals surface area contributed by atoms with Crippen molar-refractivity contribution >= 4 is 0 Å². The fraction of sp³-hybridized carbons (Fsp3) is 0.917. The SMILES string of the molecule is CCCCCCCC/C=C/CCCCCCCCOCC1COC(C)(C)O1. The third-order valence-electron chi connectivity index (χ3n) is 5.17. The summed E-state index contributed by atoms with van der Waals surface area (Å²) in [5.41, 5.74) is 0. The molecule has 0 radical (unpaired) electrons. The molecule has 1 saturated heterocycles. The summed E-state index contributed by atoms with van der Waals surface area (Å²) in [5.74, 6) is -0.433. The Labute approximate surface area is 169 Å². The molecule has 1 unspecified atom stereocenters. The highest BCUT2D eigenvalue weighted by Gasteiger charge is 2.32. The molecule has 0 bridgehead atoms. The van der Waals surface area contributed by atoms with Crippen LogP contribution >= 0.6 is 0 Å². The van der Waals surface area contributed by atoms with Crippen molar-refractivity contribution in [2.45, 2.75) is 123 Å². The Kier molecular flexibility index (Phi) is 15.1. The van der Waals surface area contributed by atoms with Gasteiger partial charge in [0.05, 0.1) is 13.2 Å². The highest BCUT2D eigenvalue weighted by Crippen LogP contribution is 2.22. The molecule has 0 amide bonds. The van der Waals surface area contributed by atoms with Crippen molar-refractivity contribution in [3.8, 4) is 0 Å². The average Bonchev–Trinajstić information content (AvgIpc) is 2.99. The lowest BCUT2D eigenvalue weighted by molar-refractivity contribution is -0.145. The Balaban J connectivity index is 1.72. The standard InChI is InChI=1S/C24H46O3/c1-4-5-6-7-8-9-10-11-12-13-14-15-16-17-18-19-20-25-21-23-22-26-24(2,3)27-23/h11-12,23H,4-10,13-22H2,1-3H3/b12-11+. The molecule has 0 aromatic carbocycles. The van der Waals surface area contributed by atoms with Crippen LogP contribution in [-0.2, 0) is 14.2 Å². The first-order valence-electron chi connectivity index (χ1n) is 11.7. The number of hydrogen-bond acceptors (Lipinski definition) is 3. The monoisotopic (exact) mass is 382 g/mol. The third-order valence-corrected chi connectivity index (χ3v) is 5.17. The zero-order chi connectivity index (χ0) is 19.6. The van der Waals surface area contributed by atoms with Gasteiger partial charge in [-0.1, -0.05) is 76.9 Å². The molecule has 3 nitrogen and oxygen atoms in total. The maximum atomic E-state index is 5.73. The molecule has 0 N–H and O–H groups in total. The van der Waals surface area contributed by atoms with E-state index in [1.165, 1.54) is 83.5 Å². The predicted octanol–water partition coefficient (Wildman–Crippen LogP) is 7.19. The Morgan fingerprint density at radius 3 is 1.93 bits per heavy atom. The van der Waals surface area contributed by atoms with Gasteiger partial charge in [0.1, 0.15) is 6.10 Å². The Morgan fingerprint density at radius 1 is 0.815 bits per heavy atom. The van der Waals surface area contributed by atoms with Crippen LogP contribution in [-0.4, -0.2) is 31.7 Å². The van der Waals surface area contributed by atoms with Crippen molar-refractivity contribution in [3.05, 3.63) is 12.2 Å². The van der Waals surface area contributed by atoms with Crippen molar-refractivity contribution < 1.29 is 14.2 Å². The zero-order valence-electron chi connectivity index (χ0n) is 18.5. The first-order valence-corrected chi connectivity index (χ1v) is 11.7. The Morgan fingerprint density at radius 2 is 1.37 bits per heavy atom. The van der Waals surface area contributed by atoms with Crippen LogP contribution in [0, 0.1) is 0 Å². The van der Waals surface area contributed by atoms with E-state index in [1.807, 2.05) is 13.8 Å². The summed E-state index contributed by atoms with van der Waals surface area (Å²) in [7, 11) is 0. The van der Waals surface area contributed by atoms with E-state index in [4.69, 9.17) is 14.2 Å². The first-order chi connectivity index (χ1) is 13.1. The number of hydrogen-bond donors (Lipinski definition) is 0. The summed E-state index contributed by atoms with van der Waals surface area (Å²) in [5, 5.41) is 0. The van der Waals surface area contributed by atoms with Gasteiger partial charge in [0, 0.05) is 6.61 Å². The number of rotatable bonds is 18. The minimum atomic E-state index is -0.433. The van der Waals surface area contributed by atoms with Crippen LogP contribution in [0.3, 0.4) is 0 Å². The van der Waals surface area contributed by atoms with Crippen LogP contribution in [0.15, 0.2) is 12.2 Å². The molecule has 1 atom stereocenters. The molecule has 1 fully saturated rings. The van der Waals surface area contributed by atoms with E-state index in [0.717, 1.165) is 13.0 Å². The highest BCUT2D eigenvalue weighted by molar-refractivity contribution is 4.81. The summed E-state index contributed by atoms with van der Waals surface area (Å²) < 4.78 is 17.0. The molecule has 1 heterocycles. The third kappa shape index (κ3) is 15.2. The largest absolute Gasteiger partial charge is 0.379 e. The smallest absolute Gasteiger partial charge is 0.163 e. The van der Waals surface area contributed by atoms with E-state index in [9.17, 15) is 0 Å². The van der Waals surface area contributed by atoms with Crippen LogP contribution in [0.25, 0.3) is 0 Å². The summed E-state index contributed by atoms with van der Waals surface area (Å²) >= 11 is 0. The van der Waals surface area contributed by atoms with E-state index >= 15 is 0 Å². The quantitative estimate of drug-likeness (QED) is 0.185. The molecule has 0 aromatic rings. The van der Waals surface area contributed by atoms with Gasteiger partial charge in [0.15, 0.2) is 5.79 Å². The minimum absolute atomic E-state index is 0.106. The predicted molar refractivity (Wildman–Crippen MR) is 115 cm³/mol. The van der Waals surface area contributed by atoms with Gasteiger partial charge in [0.2, 0.25) is 0 Å². The lowest BCUT2D eigenvalue weighted by Gasteiger charge is -2.17. The second-order valence-corrected chi connectivity index (χ2v) is 8.46. The highest BCUT2D eigenvalue weighted by atomic mass is 16.7. The van der Waals surface area contributed by atoms with Crippen molar-refractivity contribution in [1.82, 2.24) is 0 Å². The summed E-state index contributed by atoms with van der Waals surface area (Å²) in [6.07, 6.45) is 23.7. The van der Waals surface area contributed by atoms with Crippen LogP contribution in [0.1, 0.15) is 111 Å². The fourth-order valence-electron chi connectivity index (χ4n) is 3.51. The molecule has 3 heteroatoms. The summed E-state index contributed by atoms with van der Waals surface area (Å²) in [6.45, 7) is 8.36. The van der Waals surface area contributed by atoms with Crippen LogP contribution < -0.4 is 0 Å². The topological polar surface area (TPSA) is 27.7 Å². The minimum Gasteiger partial charge on any atom is -0.379 e. The van der Waals surface area contributed by atoms with Crippen molar-refractivity contribution in [1.29, 1.82) is 0 Å². The molecule has 160 valence electrons. The van der Waals surface area contributed by atoms with Crippen LogP contribution in [0.5, 0.6) is 0 Å². The van der Waals surface area contributed by atoms with E-state index in [2.05, 4.69) is 19.1 Å². The van der Waals surface area contributed by atoms with E-state index in [-0.39, 0.29) is 6.10 Å². The molecule has 0 aliphatic carbocycles. The van der Waals surface area contributed by atoms with Crippen molar-refractivity contribution in [2.75, 3.05) is 19.8 Å². The van der Waals surface area contributed by atoms with Gasteiger partial charge in [-0.2, -0.15) is 0 Å². The maximum Gasteiger partial charge on any atom is 0.163 e. The van der Waals surface area contributed by atoms with Crippen molar-refractivity contribution in [3.63, 3.8) is 0 Å². The number of ether oxygens (including phenoxy) is 3. The lowest BCUT2D eigenvalue weighted by atomic mass is 10.1. The fourth-order valence-corrected chi connectivity index (χ4v) is 3.51. The van der Waals surface area contributed by atoms with E-state index < -0.39 is 5.79 Å². The van der Waals surface area contributed by atoms with Gasteiger partial charge < -0.3 is 14.2 Å². The zero-order valence-corrected chi connectivity index (χ0v) is 18.5. The van der Waals surface area contributed by atoms with Crippen LogP contribution in [0.2, 0.25) is 0 Å². The summed E-state index contributed by atoms with van der Waals surface area (Å²) in [6, 6.07) is 0. The molecule has 27 heavy (non-hydrogen) atoms.